The van der Waals surface area contributed by atoms with Gasteiger partial charge in [-0.05, 0) is 12.8 Å². The standard InChI is InChI=1S/C9H12N3O3S/c1-11-5-9(10-7-11)16(14,15)12-4-2-3-8(12)6-13/h5,7-8H,2-4H2,1H3/t8-/m0/s1. The average Bonchev–Trinajstić information content (AvgIpc) is 2.85. The zero-order valence-electron chi connectivity index (χ0n) is 8.83. The minimum absolute atomic E-state index is 0.0165. The van der Waals surface area contributed by atoms with E-state index in [0.29, 0.717) is 19.4 Å². The third-order valence-electron chi connectivity index (χ3n) is 2.59. The van der Waals surface area contributed by atoms with E-state index < -0.39 is 16.1 Å². The summed E-state index contributed by atoms with van der Waals surface area (Å²) in [5.74, 6) is 0. The Morgan fingerprint density at radius 3 is 2.88 bits per heavy atom. The summed E-state index contributed by atoms with van der Waals surface area (Å²) in [6.07, 6.45) is 5.83. The van der Waals surface area contributed by atoms with Crippen LogP contribution in [0.25, 0.3) is 0 Å². The van der Waals surface area contributed by atoms with Gasteiger partial charge in [-0.2, -0.15) is 4.31 Å². The van der Waals surface area contributed by atoms with E-state index in [0.717, 1.165) is 0 Å². The van der Waals surface area contributed by atoms with Gasteiger partial charge in [0.1, 0.15) is 0 Å². The predicted molar refractivity (Wildman–Crippen MR) is 55.8 cm³/mol. The van der Waals surface area contributed by atoms with Gasteiger partial charge in [-0.3, -0.25) is 4.79 Å². The van der Waals surface area contributed by atoms with Crippen molar-refractivity contribution in [2.75, 3.05) is 6.54 Å². The lowest BCUT2D eigenvalue weighted by atomic mass is 10.2. The fraction of sp³-hybridized carbons (Fsp3) is 0.556. The molecule has 2 rings (SSSR count). The molecule has 0 unspecified atom stereocenters. The first-order valence-corrected chi connectivity index (χ1v) is 6.37. The van der Waals surface area contributed by atoms with Crippen LogP contribution >= 0.6 is 0 Å². The maximum atomic E-state index is 12.1. The van der Waals surface area contributed by atoms with Crippen LogP contribution in [0.15, 0.2) is 17.6 Å². The summed E-state index contributed by atoms with van der Waals surface area (Å²) < 4.78 is 26.9. The molecule has 1 aromatic rings. The van der Waals surface area contributed by atoms with E-state index >= 15 is 0 Å². The fourth-order valence-corrected chi connectivity index (χ4v) is 3.36. The summed E-state index contributed by atoms with van der Waals surface area (Å²) in [4.78, 5) is 14.4. The second-order valence-electron chi connectivity index (χ2n) is 3.77. The molecule has 0 aliphatic carbocycles. The van der Waals surface area contributed by atoms with E-state index in [4.69, 9.17) is 0 Å². The van der Waals surface area contributed by atoms with Gasteiger partial charge in [0.25, 0.3) is 10.0 Å². The summed E-state index contributed by atoms with van der Waals surface area (Å²) in [5, 5.41) is -0.0165. The molecule has 0 aromatic carbocycles. The Kier molecular flexibility index (Phi) is 2.81. The third-order valence-corrected chi connectivity index (χ3v) is 4.39. The third kappa shape index (κ3) is 1.76. The zero-order valence-corrected chi connectivity index (χ0v) is 9.64. The molecule has 0 saturated carbocycles. The van der Waals surface area contributed by atoms with E-state index in [-0.39, 0.29) is 5.03 Å². The molecule has 1 radical (unpaired) electrons. The molecule has 6 nitrogen and oxygen atoms in total. The van der Waals surface area contributed by atoms with Crippen molar-refractivity contribution in [3.8, 4) is 0 Å². The van der Waals surface area contributed by atoms with Crippen molar-refractivity contribution in [1.29, 1.82) is 0 Å². The Morgan fingerprint density at radius 2 is 2.31 bits per heavy atom. The van der Waals surface area contributed by atoms with Crippen molar-refractivity contribution in [3.05, 3.63) is 12.5 Å². The van der Waals surface area contributed by atoms with Gasteiger partial charge in [0.2, 0.25) is 6.29 Å². The molecule has 0 spiro atoms. The van der Waals surface area contributed by atoms with Crippen molar-refractivity contribution in [2.45, 2.75) is 23.9 Å². The monoisotopic (exact) mass is 242 g/mol. The van der Waals surface area contributed by atoms with Gasteiger partial charge >= 0.3 is 0 Å². The topological polar surface area (TPSA) is 72.3 Å². The van der Waals surface area contributed by atoms with Crippen LogP contribution < -0.4 is 0 Å². The first-order valence-electron chi connectivity index (χ1n) is 4.93. The van der Waals surface area contributed by atoms with Gasteiger partial charge in [0.15, 0.2) is 5.03 Å². The number of carbonyl (C=O) groups excluding carboxylic acids is 1. The average molecular weight is 242 g/mol. The van der Waals surface area contributed by atoms with Crippen molar-refractivity contribution in [1.82, 2.24) is 13.9 Å². The van der Waals surface area contributed by atoms with Crippen LogP contribution in [0.4, 0.5) is 0 Å². The summed E-state index contributed by atoms with van der Waals surface area (Å²) in [6, 6.07) is -0.660. The van der Waals surface area contributed by atoms with Gasteiger partial charge < -0.3 is 4.57 Å². The van der Waals surface area contributed by atoms with Crippen LogP contribution in [0, 0.1) is 0 Å². The smallest absolute Gasteiger partial charge is 0.262 e. The maximum absolute atomic E-state index is 12.1. The van der Waals surface area contributed by atoms with E-state index in [1.54, 1.807) is 17.9 Å². The van der Waals surface area contributed by atoms with Crippen LogP contribution in [-0.4, -0.2) is 41.1 Å². The Hall–Kier alpha value is -1.21. The van der Waals surface area contributed by atoms with Crippen molar-refractivity contribution in [3.63, 3.8) is 0 Å². The Morgan fingerprint density at radius 1 is 1.56 bits per heavy atom. The van der Waals surface area contributed by atoms with Crippen LogP contribution in [-0.2, 0) is 21.9 Å². The van der Waals surface area contributed by atoms with E-state index in [1.807, 2.05) is 0 Å². The normalized spacial score (nSPS) is 22.4. The molecular weight excluding hydrogens is 230 g/mol. The van der Waals surface area contributed by atoms with Gasteiger partial charge in [-0.25, -0.2) is 13.4 Å². The molecule has 0 amide bonds. The fourth-order valence-electron chi connectivity index (χ4n) is 1.79. The molecule has 1 saturated heterocycles. The highest BCUT2D eigenvalue weighted by Gasteiger charge is 2.36. The van der Waals surface area contributed by atoms with Crippen molar-refractivity contribution < 1.29 is 13.2 Å². The van der Waals surface area contributed by atoms with Gasteiger partial charge in [0, 0.05) is 19.8 Å². The highest BCUT2D eigenvalue weighted by Crippen LogP contribution is 2.23. The molecule has 87 valence electrons. The van der Waals surface area contributed by atoms with Crippen LogP contribution in [0.1, 0.15) is 12.8 Å². The molecule has 0 bridgehead atoms. The lowest BCUT2D eigenvalue weighted by Crippen LogP contribution is -2.36. The Labute approximate surface area is 93.9 Å². The van der Waals surface area contributed by atoms with Gasteiger partial charge in [-0.1, -0.05) is 0 Å². The molecule has 1 fully saturated rings. The molecule has 1 aromatic heterocycles. The highest BCUT2D eigenvalue weighted by atomic mass is 32.2. The lowest BCUT2D eigenvalue weighted by molar-refractivity contribution is 0.425. The van der Waals surface area contributed by atoms with Crippen LogP contribution in [0.5, 0.6) is 0 Å². The number of aromatic nitrogens is 2. The summed E-state index contributed by atoms with van der Waals surface area (Å²) in [5.41, 5.74) is 0. The number of rotatable bonds is 3. The number of sulfonamides is 1. The number of nitrogens with zero attached hydrogens (tertiary/aromatic N) is 3. The first kappa shape index (κ1) is 11.3. The maximum Gasteiger partial charge on any atom is 0.262 e. The summed E-state index contributed by atoms with van der Waals surface area (Å²) in [6.45, 7) is 0.360. The lowest BCUT2D eigenvalue weighted by Gasteiger charge is -2.17. The molecule has 2 heterocycles. The van der Waals surface area contributed by atoms with Crippen molar-refractivity contribution in [2.24, 2.45) is 7.05 Å². The highest BCUT2D eigenvalue weighted by molar-refractivity contribution is 7.89. The minimum Gasteiger partial charge on any atom is -0.339 e. The Balaban J connectivity index is 2.35. The second kappa shape index (κ2) is 3.99. The van der Waals surface area contributed by atoms with Crippen LogP contribution in [0.3, 0.4) is 0 Å². The molecule has 1 aliphatic rings. The van der Waals surface area contributed by atoms with E-state index in [9.17, 15) is 13.2 Å². The Bertz CT molecular complexity index is 494. The predicted octanol–water partition coefficient (Wildman–Crippen LogP) is -0.317. The van der Waals surface area contributed by atoms with E-state index in [1.165, 1.54) is 16.8 Å². The molecule has 1 atom stereocenters. The second-order valence-corrected chi connectivity index (χ2v) is 5.61. The minimum atomic E-state index is -3.64. The molecule has 1 aliphatic heterocycles. The first-order chi connectivity index (χ1) is 7.55. The van der Waals surface area contributed by atoms with Crippen molar-refractivity contribution >= 4 is 16.3 Å². The number of imidazole rings is 1. The number of hydrogen-bond acceptors (Lipinski definition) is 4. The SMILES string of the molecule is Cn1cnc(S(=O)(=O)N2CCC[C@H]2[C]=O)c1. The van der Waals surface area contributed by atoms with E-state index in [2.05, 4.69) is 4.98 Å². The summed E-state index contributed by atoms with van der Waals surface area (Å²) >= 11 is 0. The molecule has 7 heteroatoms. The number of hydrogen-bond donors (Lipinski definition) is 0. The summed E-state index contributed by atoms with van der Waals surface area (Å²) in [7, 11) is -1.95. The largest absolute Gasteiger partial charge is 0.339 e. The van der Waals surface area contributed by atoms with Crippen LogP contribution in [0.2, 0.25) is 0 Å². The molecule has 0 N–H and O–H groups in total. The molecular formula is C9H12N3O3S. The molecule has 16 heavy (non-hydrogen) atoms. The van der Waals surface area contributed by atoms with Gasteiger partial charge in [0.05, 0.1) is 12.4 Å². The quantitative estimate of drug-likeness (QED) is 0.728. The van der Waals surface area contributed by atoms with Gasteiger partial charge in [-0.15, -0.1) is 0 Å². The zero-order chi connectivity index (χ0) is 11.8. The number of aryl methyl sites for hydroxylation is 1.